The molecule has 0 fully saturated rings. The van der Waals surface area contributed by atoms with Gasteiger partial charge < -0.3 is 20.0 Å². The summed E-state index contributed by atoms with van der Waals surface area (Å²) in [5, 5.41) is 5.89. The van der Waals surface area contributed by atoms with Gasteiger partial charge in [-0.25, -0.2) is 9.78 Å². The Bertz CT molecular complexity index is 1420. The Hall–Kier alpha value is -4.40. The number of hydrogen-bond acceptors (Lipinski definition) is 6. The highest BCUT2D eigenvalue weighted by Gasteiger charge is 2.31. The second-order valence-corrected chi connectivity index (χ2v) is 7.73. The zero-order valence-electron chi connectivity index (χ0n) is 17.8. The van der Waals surface area contributed by atoms with Crippen molar-refractivity contribution in [1.82, 2.24) is 14.9 Å². The second kappa shape index (κ2) is 8.27. The summed E-state index contributed by atoms with van der Waals surface area (Å²) in [5.74, 6) is -0.419. The van der Waals surface area contributed by atoms with Crippen LogP contribution in [0.2, 0.25) is 0 Å². The highest BCUT2D eigenvalue weighted by atomic mass is 16.4. The molecule has 0 aliphatic carbocycles. The van der Waals surface area contributed by atoms with Crippen LogP contribution in [0.3, 0.4) is 0 Å². The number of nitrogens with zero attached hydrogens (tertiary/aromatic N) is 3. The van der Waals surface area contributed by atoms with Crippen LogP contribution in [-0.4, -0.2) is 28.4 Å². The van der Waals surface area contributed by atoms with Crippen molar-refractivity contribution in [2.45, 2.75) is 19.1 Å². The number of rotatable bonds is 5. The van der Waals surface area contributed by atoms with Gasteiger partial charge in [-0.3, -0.25) is 14.2 Å². The van der Waals surface area contributed by atoms with Crippen molar-refractivity contribution in [1.29, 1.82) is 0 Å². The van der Waals surface area contributed by atoms with Crippen LogP contribution in [0, 0.1) is 0 Å². The van der Waals surface area contributed by atoms with E-state index in [-0.39, 0.29) is 24.8 Å². The predicted octanol–water partition coefficient (Wildman–Crippen LogP) is 2.90. The van der Waals surface area contributed by atoms with Gasteiger partial charge in [0.25, 0.3) is 5.91 Å². The highest BCUT2D eigenvalue weighted by Crippen LogP contribution is 2.33. The number of hydrogen-bond donors (Lipinski definition) is 2. The van der Waals surface area contributed by atoms with Gasteiger partial charge in [0.2, 0.25) is 5.91 Å². The molecule has 1 aliphatic heterocycles. The number of para-hydroxylation sites is 3. The average molecular weight is 443 g/mol. The van der Waals surface area contributed by atoms with Crippen LogP contribution < -0.4 is 21.3 Å². The number of pyridine rings is 1. The number of amides is 2. The van der Waals surface area contributed by atoms with Gasteiger partial charge in [0, 0.05) is 37.5 Å². The Balaban J connectivity index is 1.35. The van der Waals surface area contributed by atoms with Gasteiger partial charge in [-0.15, -0.1) is 0 Å². The Morgan fingerprint density at radius 3 is 2.76 bits per heavy atom. The van der Waals surface area contributed by atoms with Crippen LogP contribution in [0.25, 0.3) is 11.1 Å². The molecule has 0 bridgehead atoms. The molecule has 1 aliphatic rings. The fourth-order valence-electron chi connectivity index (χ4n) is 4.06. The molecule has 2 aromatic carbocycles. The molecule has 9 nitrogen and oxygen atoms in total. The third-order valence-electron chi connectivity index (χ3n) is 5.69. The van der Waals surface area contributed by atoms with Gasteiger partial charge in [0.15, 0.2) is 5.58 Å². The third kappa shape index (κ3) is 3.73. The van der Waals surface area contributed by atoms with Crippen LogP contribution in [-0.2, 0) is 11.3 Å². The highest BCUT2D eigenvalue weighted by molar-refractivity contribution is 6.01. The summed E-state index contributed by atoms with van der Waals surface area (Å²) >= 11 is 0. The van der Waals surface area contributed by atoms with E-state index in [4.69, 9.17) is 4.42 Å². The first-order valence-corrected chi connectivity index (χ1v) is 10.5. The van der Waals surface area contributed by atoms with E-state index in [0.29, 0.717) is 28.2 Å². The number of carbonyl (C=O) groups excluding carboxylic acids is 2. The average Bonchev–Trinajstić information content (AvgIpc) is 3.15. The molecule has 0 saturated heterocycles. The van der Waals surface area contributed by atoms with Crippen LogP contribution in [0.5, 0.6) is 0 Å². The van der Waals surface area contributed by atoms with E-state index in [2.05, 4.69) is 15.6 Å². The normalized spacial score (nSPS) is 15.2. The quantitative estimate of drug-likeness (QED) is 0.491. The lowest BCUT2D eigenvalue weighted by Gasteiger charge is -2.36. The molecular weight excluding hydrogens is 422 g/mol. The maximum absolute atomic E-state index is 12.8. The molecule has 0 radical (unpaired) electrons. The number of fused-ring (bicyclic) bond motifs is 2. The van der Waals surface area contributed by atoms with E-state index >= 15 is 0 Å². The van der Waals surface area contributed by atoms with Crippen LogP contribution >= 0.6 is 0 Å². The van der Waals surface area contributed by atoms with Crippen molar-refractivity contribution in [2.24, 2.45) is 0 Å². The van der Waals surface area contributed by atoms with E-state index in [1.807, 2.05) is 36.2 Å². The molecule has 5 rings (SSSR count). The molecule has 2 N–H and O–H groups in total. The van der Waals surface area contributed by atoms with Gasteiger partial charge in [-0.1, -0.05) is 30.3 Å². The second-order valence-electron chi connectivity index (χ2n) is 7.73. The van der Waals surface area contributed by atoms with Crippen molar-refractivity contribution in [2.75, 3.05) is 17.3 Å². The van der Waals surface area contributed by atoms with E-state index in [1.165, 1.54) is 4.57 Å². The summed E-state index contributed by atoms with van der Waals surface area (Å²) in [6, 6.07) is 17.8. The lowest BCUT2D eigenvalue weighted by atomic mass is 10.0. The molecule has 0 spiro atoms. The van der Waals surface area contributed by atoms with Crippen molar-refractivity contribution in [3.63, 3.8) is 0 Å². The molecule has 2 aromatic heterocycles. The summed E-state index contributed by atoms with van der Waals surface area (Å²) in [5.41, 5.74) is 2.93. The first kappa shape index (κ1) is 20.5. The summed E-state index contributed by atoms with van der Waals surface area (Å²) in [6.45, 7) is 0.182. The maximum Gasteiger partial charge on any atom is 0.419 e. The molecule has 3 heterocycles. The molecule has 4 aromatic rings. The van der Waals surface area contributed by atoms with Gasteiger partial charge in [-0.05, 0) is 30.3 Å². The Kier molecular flexibility index (Phi) is 5.14. The van der Waals surface area contributed by atoms with Gasteiger partial charge in [-0.2, -0.15) is 0 Å². The minimum absolute atomic E-state index is 0.0784. The number of nitrogens with one attached hydrogen (secondary N) is 2. The number of carbonyl (C=O) groups is 2. The smallest absolute Gasteiger partial charge is 0.408 e. The van der Waals surface area contributed by atoms with E-state index < -0.39 is 11.9 Å². The largest absolute Gasteiger partial charge is 0.419 e. The zero-order chi connectivity index (χ0) is 22.9. The Morgan fingerprint density at radius 2 is 1.88 bits per heavy atom. The SMILES string of the molecule is CN1c2ncccc2C(=O)NC1c1ccccc1NC(=O)CCn1c(=O)oc2ccccc21. The number of aromatic nitrogens is 2. The van der Waals surface area contributed by atoms with Crippen molar-refractivity contribution >= 4 is 34.4 Å². The number of benzene rings is 2. The van der Waals surface area contributed by atoms with Crippen molar-refractivity contribution < 1.29 is 14.0 Å². The molecule has 1 atom stereocenters. The van der Waals surface area contributed by atoms with E-state index in [0.717, 1.165) is 5.56 Å². The molecular formula is C24H21N5O4. The molecule has 1 unspecified atom stereocenters. The topological polar surface area (TPSA) is 109 Å². The number of anilines is 2. The van der Waals surface area contributed by atoms with E-state index in [1.54, 1.807) is 42.6 Å². The maximum atomic E-state index is 12.8. The fraction of sp³-hybridized carbons (Fsp3) is 0.167. The standard InChI is InChI=1S/C24H21N5O4/c1-28-21-16(8-6-13-25-21)23(31)27-22(28)15-7-2-3-9-17(15)26-20(30)12-14-29-18-10-4-5-11-19(18)33-24(29)32/h2-11,13,22H,12,14H2,1H3,(H,26,30)(H,27,31). The summed E-state index contributed by atoms with van der Waals surface area (Å²) in [7, 11) is 1.84. The molecule has 166 valence electrons. The minimum Gasteiger partial charge on any atom is -0.408 e. The third-order valence-corrected chi connectivity index (χ3v) is 5.69. The number of oxazole rings is 1. The molecule has 9 heteroatoms. The lowest BCUT2D eigenvalue weighted by molar-refractivity contribution is -0.116. The fourth-order valence-corrected chi connectivity index (χ4v) is 4.06. The minimum atomic E-state index is -0.503. The zero-order valence-corrected chi connectivity index (χ0v) is 17.8. The molecule has 33 heavy (non-hydrogen) atoms. The Labute approximate surface area is 188 Å². The summed E-state index contributed by atoms with van der Waals surface area (Å²) in [6.07, 6.45) is 1.21. The first-order valence-electron chi connectivity index (χ1n) is 10.5. The first-order chi connectivity index (χ1) is 16.0. The lowest BCUT2D eigenvalue weighted by Crippen LogP contribution is -2.45. The van der Waals surface area contributed by atoms with Crippen molar-refractivity contribution in [3.05, 3.63) is 88.5 Å². The summed E-state index contributed by atoms with van der Waals surface area (Å²) < 4.78 is 6.67. The van der Waals surface area contributed by atoms with Gasteiger partial charge in [0.05, 0.1) is 11.1 Å². The number of aryl methyl sites for hydroxylation is 1. The van der Waals surface area contributed by atoms with Crippen LogP contribution in [0.1, 0.15) is 28.5 Å². The molecule has 0 saturated carbocycles. The van der Waals surface area contributed by atoms with Crippen LogP contribution in [0.4, 0.5) is 11.5 Å². The van der Waals surface area contributed by atoms with E-state index in [9.17, 15) is 14.4 Å². The summed E-state index contributed by atoms with van der Waals surface area (Å²) in [4.78, 5) is 43.7. The monoisotopic (exact) mass is 443 g/mol. The predicted molar refractivity (Wildman–Crippen MR) is 123 cm³/mol. The molecule has 2 amide bonds. The van der Waals surface area contributed by atoms with Gasteiger partial charge in [0.1, 0.15) is 12.0 Å². The Morgan fingerprint density at radius 1 is 1.09 bits per heavy atom. The van der Waals surface area contributed by atoms with Gasteiger partial charge >= 0.3 is 5.76 Å². The van der Waals surface area contributed by atoms with Crippen LogP contribution in [0.15, 0.2) is 76.1 Å². The van der Waals surface area contributed by atoms with Crippen molar-refractivity contribution in [3.8, 4) is 0 Å².